The molecule has 0 unspecified atom stereocenters. The molecular weight excluding hydrogens is 282 g/mol. The summed E-state index contributed by atoms with van der Waals surface area (Å²) in [4.78, 5) is 0. The Balaban J connectivity index is 3.16. The maximum atomic E-state index is 12.6. The summed E-state index contributed by atoms with van der Waals surface area (Å²) in [7, 11) is 0. The van der Waals surface area contributed by atoms with Crippen LogP contribution in [0.15, 0.2) is 42.4 Å². The van der Waals surface area contributed by atoms with Crippen LogP contribution >= 0.6 is 0 Å². The second-order valence-electron chi connectivity index (χ2n) is 2.88. The van der Waals surface area contributed by atoms with Crippen LogP contribution < -0.4 is 9.47 Å². The number of hydrogen-bond acceptors (Lipinski definition) is 3. The van der Waals surface area contributed by atoms with Gasteiger partial charge in [-0.2, -0.15) is 26.3 Å². The summed E-state index contributed by atoms with van der Waals surface area (Å²) in [5.41, 5.74) is 0. The first-order valence-electron chi connectivity index (χ1n) is 4.42. The van der Waals surface area contributed by atoms with Crippen molar-refractivity contribution in [1.29, 1.82) is 0 Å². The van der Waals surface area contributed by atoms with Gasteiger partial charge < -0.3 is 14.6 Å². The van der Waals surface area contributed by atoms with Crippen molar-refractivity contribution in [3.05, 3.63) is 42.4 Å². The number of phenols is 1. The highest BCUT2D eigenvalue weighted by Crippen LogP contribution is 2.39. The maximum absolute atomic E-state index is 12.6. The summed E-state index contributed by atoms with van der Waals surface area (Å²) in [5, 5.41) is 9.21. The van der Waals surface area contributed by atoms with Crippen LogP contribution in [0.1, 0.15) is 0 Å². The first-order chi connectivity index (χ1) is 8.82. The number of aromatic hydroxyl groups is 1. The van der Waals surface area contributed by atoms with Gasteiger partial charge in [0.15, 0.2) is 11.5 Å². The predicted molar refractivity (Wildman–Crippen MR) is 50.1 cm³/mol. The quantitative estimate of drug-likeness (QED) is 0.665. The molecule has 1 aromatic carbocycles. The smallest absolute Gasteiger partial charge is 0.345 e. The minimum Gasteiger partial charge on any atom is -0.504 e. The number of para-hydroxylation sites is 1. The summed E-state index contributed by atoms with van der Waals surface area (Å²) >= 11 is 0. The van der Waals surface area contributed by atoms with Crippen LogP contribution in [0.2, 0.25) is 0 Å². The van der Waals surface area contributed by atoms with Gasteiger partial charge in [0, 0.05) is 0 Å². The number of phenolic OH excluding ortho intramolecular Hbond substituents is 1. The van der Waals surface area contributed by atoms with Crippen LogP contribution in [0.25, 0.3) is 0 Å². The van der Waals surface area contributed by atoms with Crippen LogP contribution in [-0.4, -0.2) is 5.11 Å². The van der Waals surface area contributed by atoms with Crippen LogP contribution in [0.4, 0.5) is 26.3 Å². The van der Waals surface area contributed by atoms with E-state index in [9.17, 15) is 31.4 Å². The first kappa shape index (κ1) is 14.7. The Labute approximate surface area is 102 Å². The third-order valence-corrected chi connectivity index (χ3v) is 1.65. The maximum Gasteiger partial charge on any atom is 0.345 e. The van der Waals surface area contributed by atoms with Crippen molar-refractivity contribution in [2.45, 2.75) is 0 Å². The molecule has 0 saturated carbocycles. The van der Waals surface area contributed by atoms with E-state index in [-0.39, 0.29) is 0 Å². The second kappa shape index (κ2) is 6.03. The van der Waals surface area contributed by atoms with Crippen molar-refractivity contribution >= 4 is 0 Å². The van der Waals surface area contributed by atoms with Gasteiger partial charge in [-0.05, 0) is 12.1 Å². The normalized spacial score (nSPS) is 9.79. The van der Waals surface area contributed by atoms with Gasteiger partial charge in [0.2, 0.25) is 5.75 Å². The highest BCUT2D eigenvalue weighted by Gasteiger charge is 2.19. The lowest BCUT2D eigenvalue weighted by Gasteiger charge is -2.10. The minimum atomic E-state index is -2.86. The third-order valence-electron chi connectivity index (χ3n) is 1.65. The third kappa shape index (κ3) is 3.83. The summed E-state index contributed by atoms with van der Waals surface area (Å²) in [6, 6.07) is -2.08. The van der Waals surface area contributed by atoms with E-state index in [4.69, 9.17) is 0 Å². The fourth-order valence-electron chi connectivity index (χ4n) is 0.951. The second-order valence-corrected chi connectivity index (χ2v) is 2.88. The number of hydrogen-bond donors (Lipinski definition) is 1. The highest BCUT2D eigenvalue weighted by atomic mass is 19.3. The zero-order valence-corrected chi connectivity index (χ0v) is 8.76. The molecule has 0 atom stereocenters. The SMILES string of the molecule is Oc1cccc(OC(F)=C(F)F)c1OC(F)=C(F)F. The molecular formula is C10H4F6O3. The molecule has 0 fully saturated rings. The Kier molecular flexibility index (Phi) is 4.67. The molecule has 0 aromatic heterocycles. The largest absolute Gasteiger partial charge is 0.504 e. The minimum absolute atomic E-state index is 0.793. The van der Waals surface area contributed by atoms with E-state index in [1.54, 1.807) is 0 Å². The molecule has 104 valence electrons. The monoisotopic (exact) mass is 286 g/mol. The van der Waals surface area contributed by atoms with E-state index in [2.05, 4.69) is 9.47 Å². The molecule has 0 heterocycles. The van der Waals surface area contributed by atoms with Crippen LogP contribution in [0, 0.1) is 0 Å². The van der Waals surface area contributed by atoms with Crippen molar-refractivity contribution in [3.8, 4) is 17.2 Å². The summed E-state index contributed by atoms with van der Waals surface area (Å²) < 4.78 is 80.1. The lowest BCUT2D eigenvalue weighted by atomic mass is 10.3. The molecule has 9 heteroatoms. The average Bonchev–Trinajstić information content (AvgIpc) is 2.32. The molecule has 19 heavy (non-hydrogen) atoms. The number of ether oxygens (including phenoxy) is 2. The number of halogens is 6. The van der Waals surface area contributed by atoms with Crippen LogP contribution in [0.5, 0.6) is 17.2 Å². The van der Waals surface area contributed by atoms with E-state index in [0.717, 1.165) is 18.2 Å². The lowest BCUT2D eigenvalue weighted by molar-refractivity contribution is 0.208. The van der Waals surface area contributed by atoms with Crippen LogP contribution in [-0.2, 0) is 0 Å². The summed E-state index contributed by atoms with van der Waals surface area (Å²) in [5.74, 6) is -2.91. The lowest BCUT2D eigenvalue weighted by Crippen LogP contribution is -1.97. The zero-order chi connectivity index (χ0) is 14.6. The van der Waals surface area contributed by atoms with E-state index in [1.807, 2.05) is 0 Å². The van der Waals surface area contributed by atoms with E-state index < -0.39 is 41.4 Å². The molecule has 0 spiro atoms. The molecule has 0 aliphatic rings. The number of benzene rings is 1. The standard InChI is InChI=1S/C10H4F6O3/c11-7(12)9(15)18-5-3-1-2-4(17)6(5)19-10(16)8(13)14/h1-3,17H. The fraction of sp³-hybridized carbons (Fsp3) is 0. The van der Waals surface area contributed by atoms with Gasteiger partial charge in [0.25, 0.3) is 0 Å². The van der Waals surface area contributed by atoms with Crippen molar-refractivity contribution in [1.82, 2.24) is 0 Å². The van der Waals surface area contributed by atoms with Gasteiger partial charge in [-0.15, -0.1) is 0 Å². The van der Waals surface area contributed by atoms with Gasteiger partial charge in [-0.25, -0.2) is 0 Å². The van der Waals surface area contributed by atoms with E-state index in [1.165, 1.54) is 0 Å². The molecule has 0 aliphatic heterocycles. The Morgan fingerprint density at radius 1 is 0.842 bits per heavy atom. The molecule has 0 aliphatic carbocycles. The van der Waals surface area contributed by atoms with Crippen molar-refractivity contribution in [2.75, 3.05) is 0 Å². The predicted octanol–water partition coefficient (Wildman–Crippen LogP) is 4.22. The Hall–Kier alpha value is -2.32. The Morgan fingerprint density at radius 3 is 1.89 bits per heavy atom. The molecule has 0 bridgehead atoms. The van der Waals surface area contributed by atoms with Gasteiger partial charge in [-0.3, -0.25) is 0 Å². The highest BCUT2D eigenvalue weighted by molar-refractivity contribution is 5.51. The zero-order valence-electron chi connectivity index (χ0n) is 8.76. The summed E-state index contributed by atoms with van der Waals surface area (Å²) in [6.07, 6.45) is -5.69. The molecule has 1 rings (SSSR count). The number of rotatable bonds is 4. The molecule has 0 amide bonds. The van der Waals surface area contributed by atoms with E-state index >= 15 is 0 Å². The molecule has 1 N–H and O–H groups in total. The van der Waals surface area contributed by atoms with E-state index in [0.29, 0.717) is 0 Å². The Bertz CT molecular complexity index is 532. The van der Waals surface area contributed by atoms with Crippen molar-refractivity contribution in [3.63, 3.8) is 0 Å². The van der Waals surface area contributed by atoms with Crippen molar-refractivity contribution in [2.24, 2.45) is 0 Å². The van der Waals surface area contributed by atoms with Gasteiger partial charge in [0.05, 0.1) is 0 Å². The molecule has 3 nitrogen and oxygen atoms in total. The fourth-order valence-corrected chi connectivity index (χ4v) is 0.951. The molecule has 0 saturated heterocycles. The van der Waals surface area contributed by atoms with Crippen LogP contribution in [0.3, 0.4) is 0 Å². The van der Waals surface area contributed by atoms with Gasteiger partial charge >= 0.3 is 24.2 Å². The topological polar surface area (TPSA) is 38.7 Å². The van der Waals surface area contributed by atoms with Crippen molar-refractivity contribution < 1.29 is 40.9 Å². The molecule has 0 radical (unpaired) electrons. The Morgan fingerprint density at radius 2 is 1.37 bits per heavy atom. The summed E-state index contributed by atoms with van der Waals surface area (Å²) in [6.45, 7) is 0. The first-order valence-corrected chi connectivity index (χ1v) is 4.42. The molecule has 1 aromatic rings. The van der Waals surface area contributed by atoms with Gasteiger partial charge in [-0.1, -0.05) is 6.07 Å². The van der Waals surface area contributed by atoms with Gasteiger partial charge in [0.1, 0.15) is 0 Å². The average molecular weight is 286 g/mol.